The Morgan fingerprint density at radius 2 is 1.34 bits per heavy atom. The predicted molar refractivity (Wildman–Crippen MR) is 112 cm³/mol. The van der Waals surface area contributed by atoms with Crippen LogP contribution in [-0.4, -0.2) is 14.2 Å². The molecule has 4 atom stereocenters. The average molecular weight is 382 g/mol. The van der Waals surface area contributed by atoms with E-state index in [2.05, 4.69) is 48.2 Å². The molecular weight excluding hydrogens is 360 g/mol. The van der Waals surface area contributed by atoms with Crippen molar-refractivity contribution in [2.24, 2.45) is 5.92 Å². The van der Waals surface area contributed by atoms with Gasteiger partial charge in [-0.1, -0.05) is 60.4 Å². The highest BCUT2D eigenvalue weighted by Gasteiger charge is 2.52. The van der Waals surface area contributed by atoms with Crippen molar-refractivity contribution in [3.8, 4) is 23.3 Å². The number of hydrogen-bond acceptors (Lipinski definition) is 3. The third-order valence-corrected chi connectivity index (χ3v) is 5.88. The Labute approximate surface area is 171 Å². The molecule has 1 fully saturated rings. The quantitative estimate of drug-likeness (QED) is 0.577. The minimum Gasteiger partial charge on any atom is -0.493 e. The Kier molecular flexibility index (Phi) is 4.50. The normalized spacial score (nSPS) is 23.8. The van der Waals surface area contributed by atoms with E-state index in [0.717, 1.165) is 22.6 Å². The van der Waals surface area contributed by atoms with Crippen LogP contribution in [0.5, 0.6) is 11.5 Å². The Bertz CT molecular complexity index is 1080. The lowest BCUT2D eigenvalue weighted by molar-refractivity contribution is 0.0626. The fourth-order valence-electron chi connectivity index (χ4n) is 4.55. The molecule has 0 unspecified atom stereocenters. The first kappa shape index (κ1) is 17.8. The molecule has 3 aromatic carbocycles. The zero-order chi connectivity index (χ0) is 19.8. The number of ether oxygens (including phenoxy) is 3. The lowest BCUT2D eigenvalue weighted by atomic mass is 9.73. The van der Waals surface area contributed by atoms with Crippen molar-refractivity contribution in [1.82, 2.24) is 0 Å². The van der Waals surface area contributed by atoms with E-state index in [9.17, 15) is 0 Å². The number of methoxy groups -OCH3 is 2. The van der Waals surface area contributed by atoms with Gasteiger partial charge in [-0.25, -0.2) is 0 Å². The number of rotatable bonds is 3. The van der Waals surface area contributed by atoms with Crippen molar-refractivity contribution in [2.45, 2.75) is 18.1 Å². The second-order valence-corrected chi connectivity index (χ2v) is 7.41. The van der Waals surface area contributed by atoms with Crippen LogP contribution in [0.2, 0.25) is 0 Å². The van der Waals surface area contributed by atoms with Gasteiger partial charge in [-0.2, -0.15) is 0 Å². The summed E-state index contributed by atoms with van der Waals surface area (Å²) in [5.41, 5.74) is 4.62. The van der Waals surface area contributed by atoms with Crippen LogP contribution in [-0.2, 0) is 4.74 Å². The van der Waals surface area contributed by atoms with Gasteiger partial charge in [0.1, 0.15) is 0 Å². The zero-order valence-corrected chi connectivity index (χ0v) is 16.5. The molecule has 3 heteroatoms. The van der Waals surface area contributed by atoms with Gasteiger partial charge >= 0.3 is 0 Å². The summed E-state index contributed by atoms with van der Waals surface area (Å²) < 4.78 is 17.6. The van der Waals surface area contributed by atoms with Crippen LogP contribution in [0.25, 0.3) is 0 Å². The molecule has 1 saturated heterocycles. The molecular formula is C26H22O3. The van der Waals surface area contributed by atoms with Gasteiger partial charge in [0.05, 0.1) is 32.3 Å². The van der Waals surface area contributed by atoms with E-state index in [1.807, 2.05) is 36.4 Å². The van der Waals surface area contributed by atoms with Crippen molar-refractivity contribution in [3.63, 3.8) is 0 Å². The van der Waals surface area contributed by atoms with Crippen molar-refractivity contribution >= 4 is 0 Å². The summed E-state index contributed by atoms with van der Waals surface area (Å²) in [6.07, 6.45) is -0.108. The largest absolute Gasteiger partial charge is 0.493 e. The minimum absolute atomic E-state index is 0.0349. The fourth-order valence-corrected chi connectivity index (χ4v) is 4.55. The van der Waals surface area contributed by atoms with Crippen molar-refractivity contribution in [2.75, 3.05) is 14.2 Å². The van der Waals surface area contributed by atoms with Gasteiger partial charge in [0.15, 0.2) is 11.5 Å². The van der Waals surface area contributed by atoms with Gasteiger partial charge in [0.25, 0.3) is 0 Å². The summed E-state index contributed by atoms with van der Waals surface area (Å²) in [6, 6.07) is 24.8. The Hall–Kier alpha value is -3.22. The molecule has 0 radical (unpaired) electrons. The minimum atomic E-state index is -0.0729. The predicted octanol–water partition coefficient (Wildman–Crippen LogP) is 5.28. The Balaban J connectivity index is 1.61. The molecule has 0 spiro atoms. The highest BCUT2D eigenvalue weighted by molar-refractivity contribution is 5.54. The van der Waals surface area contributed by atoms with Gasteiger partial charge in [-0.15, -0.1) is 0 Å². The van der Waals surface area contributed by atoms with Crippen molar-refractivity contribution in [3.05, 3.63) is 95.1 Å². The van der Waals surface area contributed by atoms with E-state index in [4.69, 9.17) is 14.2 Å². The molecule has 5 rings (SSSR count). The van der Waals surface area contributed by atoms with Crippen LogP contribution in [0.15, 0.2) is 72.8 Å². The van der Waals surface area contributed by atoms with Gasteiger partial charge in [0.2, 0.25) is 0 Å². The van der Waals surface area contributed by atoms with Crippen LogP contribution in [0.1, 0.15) is 40.4 Å². The third-order valence-electron chi connectivity index (χ3n) is 5.88. The first-order valence-corrected chi connectivity index (χ1v) is 9.83. The maximum absolute atomic E-state index is 6.50. The second-order valence-electron chi connectivity index (χ2n) is 7.41. The molecule has 0 aromatic heterocycles. The summed E-state index contributed by atoms with van der Waals surface area (Å²) in [4.78, 5) is 0. The van der Waals surface area contributed by atoms with Crippen molar-refractivity contribution in [1.29, 1.82) is 0 Å². The summed E-state index contributed by atoms with van der Waals surface area (Å²) in [7, 11) is 3.33. The second kappa shape index (κ2) is 7.31. The standard InChI is InChI=1S/C26H22O3/c1-27-22-15-20-21(16-23(22)28-2)26-24(18-11-7-4-8-12-18)19(25(20)29-26)14-13-17-9-5-3-6-10-17/h3-12,15-16,19,24-26H,1-2H3/t19-,24+,25-,26-/m1/s1. The molecule has 0 amide bonds. The van der Waals surface area contributed by atoms with Gasteiger partial charge < -0.3 is 14.2 Å². The monoisotopic (exact) mass is 382 g/mol. The molecule has 144 valence electrons. The smallest absolute Gasteiger partial charge is 0.161 e. The summed E-state index contributed by atoms with van der Waals surface area (Å²) >= 11 is 0. The lowest BCUT2D eigenvalue weighted by Gasteiger charge is -2.27. The van der Waals surface area contributed by atoms with E-state index >= 15 is 0 Å². The molecule has 0 aliphatic carbocycles. The van der Waals surface area contributed by atoms with E-state index in [1.54, 1.807) is 14.2 Å². The Morgan fingerprint density at radius 3 is 1.97 bits per heavy atom. The van der Waals surface area contributed by atoms with Crippen LogP contribution >= 0.6 is 0 Å². The molecule has 3 nitrogen and oxygen atoms in total. The highest BCUT2D eigenvalue weighted by Crippen LogP contribution is 2.62. The summed E-state index contributed by atoms with van der Waals surface area (Å²) in [5.74, 6) is 8.63. The molecule has 29 heavy (non-hydrogen) atoms. The Morgan fingerprint density at radius 1 is 0.759 bits per heavy atom. The van der Waals surface area contributed by atoms with Crippen molar-refractivity contribution < 1.29 is 14.2 Å². The average Bonchev–Trinajstić information content (AvgIpc) is 3.34. The maximum Gasteiger partial charge on any atom is 0.161 e. The third kappa shape index (κ3) is 2.97. The first-order chi connectivity index (χ1) is 14.3. The molecule has 2 bridgehead atoms. The van der Waals surface area contributed by atoms with Crippen LogP contribution in [0.3, 0.4) is 0 Å². The van der Waals surface area contributed by atoms with E-state index in [1.165, 1.54) is 11.1 Å². The fraction of sp³-hybridized carbons (Fsp3) is 0.231. The van der Waals surface area contributed by atoms with Gasteiger partial charge in [-0.3, -0.25) is 0 Å². The SMILES string of the molecule is COc1cc2c(cc1OC)[C@@H]1O[C@H]2[C@@H](c2ccccc2)[C@H]1C#Cc1ccccc1. The molecule has 2 aliphatic rings. The summed E-state index contributed by atoms with van der Waals surface area (Å²) in [6.45, 7) is 0. The van der Waals surface area contributed by atoms with E-state index < -0.39 is 0 Å². The van der Waals surface area contributed by atoms with E-state index in [-0.39, 0.29) is 24.0 Å². The van der Waals surface area contributed by atoms with Gasteiger partial charge in [0, 0.05) is 11.5 Å². The summed E-state index contributed by atoms with van der Waals surface area (Å²) in [5, 5.41) is 0. The first-order valence-electron chi connectivity index (χ1n) is 9.83. The topological polar surface area (TPSA) is 27.7 Å². The number of benzene rings is 3. The van der Waals surface area contributed by atoms with E-state index in [0.29, 0.717) is 0 Å². The van der Waals surface area contributed by atoms with Crippen LogP contribution in [0, 0.1) is 17.8 Å². The molecule has 2 heterocycles. The van der Waals surface area contributed by atoms with Crippen LogP contribution < -0.4 is 9.47 Å². The van der Waals surface area contributed by atoms with Gasteiger partial charge in [-0.05, 0) is 41.0 Å². The van der Waals surface area contributed by atoms with Crippen LogP contribution in [0.4, 0.5) is 0 Å². The number of hydrogen-bond donors (Lipinski definition) is 0. The zero-order valence-electron chi connectivity index (χ0n) is 16.5. The molecule has 2 aliphatic heterocycles. The highest BCUT2D eigenvalue weighted by atomic mass is 16.5. The number of fused-ring (bicyclic) bond motifs is 5. The molecule has 3 aromatic rings. The maximum atomic E-state index is 6.50. The molecule has 0 N–H and O–H groups in total. The molecule has 0 saturated carbocycles. The lowest BCUT2D eigenvalue weighted by Crippen LogP contribution is -2.19.